The molecule has 4 N–H and O–H groups in total. The Bertz CT molecular complexity index is 552. The fourth-order valence-electron chi connectivity index (χ4n) is 1.16. The Morgan fingerprint density at radius 3 is 2.44 bits per heavy atom. The van der Waals surface area contributed by atoms with Gasteiger partial charge in [-0.15, -0.1) is 0 Å². The molecule has 0 fully saturated rings. The van der Waals surface area contributed by atoms with Crippen LogP contribution in [-0.2, 0) is 0 Å². The van der Waals surface area contributed by atoms with Gasteiger partial charge in [-0.1, -0.05) is 24.1 Å². The van der Waals surface area contributed by atoms with Gasteiger partial charge in [0.15, 0.2) is 5.82 Å². The average molecular weight is 210 g/mol. The van der Waals surface area contributed by atoms with Gasteiger partial charge >= 0.3 is 0 Å². The number of hydrogen-bond acceptors (Lipinski definition) is 4. The summed E-state index contributed by atoms with van der Waals surface area (Å²) in [6.07, 6.45) is 1.35. The maximum atomic E-state index is 5.69. The van der Waals surface area contributed by atoms with Crippen LogP contribution in [0.2, 0.25) is 0 Å². The molecule has 0 unspecified atom stereocenters. The molecule has 0 spiro atoms. The summed E-state index contributed by atoms with van der Waals surface area (Å²) in [6.45, 7) is 0. The molecule has 2 aromatic rings. The molecule has 0 aliphatic heterocycles. The van der Waals surface area contributed by atoms with Gasteiger partial charge in [-0.25, -0.2) is 9.97 Å². The van der Waals surface area contributed by atoms with Gasteiger partial charge < -0.3 is 11.5 Å². The van der Waals surface area contributed by atoms with E-state index in [2.05, 4.69) is 21.8 Å². The minimum absolute atomic E-state index is 0.257. The van der Waals surface area contributed by atoms with Crippen LogP contribution >= 0.6 is 0 Å². The van der Waals surface area contributed by atoms with Gasteiger partial charge in [0, 0.05) is 5.56 Å². The van der Waals surface area contributed by atoms with Crippen molar-refractivity contribution in [2.75, 3.05) is 11.5 Å². The smallest absolute Gasteiger partial charge is 0.151 e. The highest BCUT2D eigenvalue weighted by Gasteiger charge is 2.00. The molecule has 1 aromatic carbocycles. The lowest BCUT2D eigenvalue weighted by molar-refractivity contribution is 1.16. The second-order valence-corrected chi connectivity index (χ2v) is 3.14. The van der Waals surface area contributed by atoms with E-state index < -0.39 is 0 Å². The quantitative estimate of drug-likeness (QED) is 0.637. The van der Waals surface area contributed by atoms with Crippen molar-refractivity contribution in [1.82, 2.24) is 9.97 Å². The number of benzene rings is 1. The maximum absolute atomic E-state index is 5.69. The summed E-state index contributed by atoms with van der Waals surface area (Å²) >= 11 is 0. The van der Waals surface area contributed by atoms with Gasteiger partial charge in [0.25, 0.3) is 0 Å². The molecule has 0 aliphatic rings. The minimum Gasteiger partial charge on any atom is -0.393 e. The van der Waals surface area contributed by atoms with E-state index in [1.165, 1.54) is 6.33 Å². The Hall–Kier alpha value is -2.54. The van der Waals surface area contributed by atoms with E-state index in [9.17, 15) is 0 Å². The predicted molar refractivity (Wildman–Crippen MR) is 63.3 cm³/mol. The Labute approximate surface area is 93.3 Å². The summed E-state index contributed by atoms with van der Waals surface area (Å²) < 4.78 is 0. The van der Waals surface area contributed by atoms with Crippen LogP contribution in [0, 0.1) is 11.8 Å². The van der Waals surface area contributed by atoms with Gasteiger partial charge in [0.05, 0.1) is 0 Å². The van der Waals surface area contributed by atoms with Crippen molar-refractivity contribution < 1.29 is 0 Å². The summed E-state index contributed by atoms with van der Waals surface area (Å²) in [4.78, 5) is 7.73. The van der Waals surface area contributed by atoms with Crippen molar-refractivity contribution in [2.45, 2.75) is 0 Å². The molecule has 1 heterocycles. The number of nitrogens with two attached hydrogens (primary N) is 2. The molecular weight excluding hydrogens is 200 g/mol. The van der Waals surface area contributed by atoms with Crippen molar-refractivity contribution in [3.63, 3.8) is 0 Å². The zero-order valence-corrected chi connectivity index (χ0v) is 8.51. The number of anilines is 2. The third kappa shape index (κ3) is 2.10. The standard InChI is InChI=1S/C12H10N4/c13-11-10(15-8-16-12(11)14)7-6-9-4-2-1-3-5-9/h1-5,8H,13H2,(H2,14,15,16). The van der Waals surface area contributed by atoms with Crippen LogP contribution < -0.4 is 11.5 Å². The van der Waals surface area contributed by atoms with Gasteiger partial charge in [-0.2, -0.15) is 0 Å². The monoisotopic (exact) mass is 210 g/mol. The first-order chi connectivity index (χ1) is 7.77. The van der Waals surface area contributed by atoms with Gasteiger partial charge in [-0.3, -0.25) is 0 Å². The minimum atomic E-state index is 0.257. The number of nitrogens with zero attached hydrogens (tertiary/aromatic N) is 2. The molecule has 0 atom stereocenters. The second kappa shape index (κ2) is 4.32. The van der Waals surface area contributed by atoms with Crippen LogP contribution in [0.4, 0.5) is 11.5 Å². The van der Waals surface area contributed by atoms with Gasteiger partial charge in [-0.05, 0) is 18.1 Å². The summed E-state index contributed by atoms with van der Waals surface area (Å²) in [6, 6.07) is 9.59. The third-order valence-corrected chi connectivity index (χ3v) is 2.01. The molecule has 2 rings (SSSR count). The molecular formula is C12H10N4. The second-order valence-electron chi connectivity index (χ2n) is 3.14. The molecule has 4 nitrogen and oxygen atoms in total. The average Bonchev–Trinajstić information content (AvgIpc) is 2.32. The van der Waals surface area contributed by atoms with Crippen LogP contribution in [0.1, 0.15) is 11.3 Å². The van der Waals surface area contributed by atoms with E-state index in [0.717, 1.165) is 5.56 Å². The van der Waals surface area contributed by atoms with Crippen molar-refractivity contribution in [3.8, 4) is 11.8 Å². The summed E-state index contributed by atoms with van der Waals surface area (Å²) in [7, 11) is 0. The molecule has 0 saturated heterocycles. The number of hydrogen-bond donors (Lipinski definition) is 2. The highest BCUT2D eigenvalue weighted by molar-refractivity contribution is 5.65. The SMILES string of the molecule is Nc1ncnc(C#Cc2ccccc2)c1N. The zero-order chi connectivity index (χ0) is 11.4. The Morgan fingerprint density at radius 2 is 1.69 bits per heavy atom. The molecule has 78 valence electrons. The maximum Gasteiger partial charge on any atom is 0.151 e. The van der Waals surface area contributed by atoms with Crippen LogP contribution in [0.25, 0.3) is 0 Å². The first-order valence-electron chi connectivity index (χ1n) is 4.70. The molecule has 16 heavy (non-hydrogen) atoms. The van der Waals surface area contributed by atoms with Gasteiger partial charge in [0.2, 0.25) is 0 Å². The topological polar surface area (TPSA) is 77.8 Å². The van der Waals surface area contributed by atoms with Crippen molar-refractivity contribution in [2.24, 2.45) is 0 Å². The molecule has 0 radical (unpaired) electrons. The highest BCUT2D eigenvalue weighted by Crippen LogP contribution is 2.12. The fraction of sp³-hybridized carbons (Fsp3) is 0. The first kappa shape index (κ1) is 9.99. The molecule has 0 aliphatic carbocycles. The predicted octanol–water partition coefficient (Wildman–Crippen LogP) is 1.04. The summed E-state index contributed by atoms with van der Waals surface area (Å²) in [5.74, 6) is 6.07. The molecule has 0 amide bonds. The van der Waals surface area contributed by atoms with Crippen LogP contribution in [-0.4, -0.2) is 9.97 Å². The summed E-state index contributed by atoms with van der Waals surface area (Å²) in [5, 5.41) is 0. The number of rotatable bonds is 0. The van der Waals surface area contributed by atoms with E-state index in [1.54, 1.807) is 0 Å². The normalized spacial score (nSPS) is 9.25. The lowest BCUT2D eigenvalue weighted by atomic mass is 10.2. The Kier molecular flexibility index (Phi) is 2.70. The van der Waals surface area contributed by atoms with Crippen LogP contribution in [0.5, 0.6) is 0 Å². The largest absolute Gasteiger partial charge is 0.393 e. The number of nitrogen functional groups attached to an aromatic ring is 2. The van der Waals surface area contributed by atoms with Crippen molar-refractivity contribution >= 4 is 11.5 Å². The van der Waals surface area contributed by atoms with Gasteiger partial charge in [0.1, 0.15) is 17.7 Å². The van der Waals surface area contributed by atoms with Crippen molar-refractivity contribution in [3.05, 3.63) is 47.9 Å². The van der Waals surface area contributed by atoms with E-state index in [0.29, 0.717) is 11.4 Å². The summed E-state index contributed by atoms with van der Waals surface area (Å²) in [5.41, 5.74) is 12.9. The number of aromatic nitrogens is 2. The highest BCUT2D eigenvalue weighted by atomic mass is 14.9. The lowest BCUT2D eigenvalue weighted by Gasteiger charge is -1.98. The Morgan fingerprint density at radius 1 is 0.938 bits per heavy atom. The van der Waals surface area contributed by atoms with Crippen LogP contribution in [0.3, 0.4) is 0 Å². The molecule has 1 aromatic heterocycles. The lowest BCUT2D eigenvalue weighted by Crippen LogP contribution is -2.02. The first-order valence-corrected chi connectivity index (χ1v) is 4.70. The molecule has 0 saturated carbocycles. The Balaban J connectivity index is 2.35. The van der Waals surface area contributed by atoms with E-state index >= 15 is 0 Å². The molecule has 4 heteroatoms. The fourth-order valence-corrected chi connectivity index (χ4v) is 1.16. The third-order valence-electron chi connectivity index (χ3n) is 2.01. The van der Waals surface area contributed by atoms with Crippen molar-refractivity contribution in [1.29, 1.82) is 0 Å². The zero-order valence-electron chi connectivity index (χ0n) is 8.51. The van der Waals surface area contributed by atoms with E-state index in [-0.39, 0.29) is 5.82 Å². The van der Waals surface area contributed by atoms with E-state index in [1.807, 2.05) is 30.3 Å². The van der Waals surface area contributed by atoms with Crippen LogP contribution in [0.15, 0.2) is 36.7 Å². The van der Waals surface area contributed by atoms with E-state index in [4.69, 9.17) is 11.5 Å². The molecule has 0 bridgehead atoms.